The molecule has 4 aromatic rings. The second-order valence-corrected chi connectivity index (χ2v) is 11.7. The fraction of sp³-hybridized carbons (Fsp3) is 0.414. The van der Waals surface area contributed by atoms with Crippen molar-refractivity contribution in [2.75, 3.05) is 18.6 Å². The Morgan fingerprint density at radius 1 is 1.21 bits per heavy atom. The highest BCUT2D eigenvalue weighted by atomic mass is 32.1. The minimum absolute atomic E-state index is 0.0462. The zero-order valence-electron chi connectivity index (χ0n) is 22.3. The van der Waals surface area contributed by atoms with Crippen LogP contribution in [0.25, 0.3) is 21.5 Å². The number of para-hydroxylation sites is 1. The molecule has 2 saturated carbocycles. The van der Waals surface area contributed by atoms with E-state index in [2.05, 4.69) is 19.8 Å². The number of thiazole rings is 1. The van der Waals surface area contributed by atoms with Crippen LogP contribution in [0.3, 0.4) is 0 Å². The number of carbonyl (C=O) groups is 1. The molecule has 42 heavy (non-hydrogen) atoms. The number of anilines is 1. The van der Waals surface area contributed by atoms with Gasteiger partial charge in [0.05, 0.1) is 41.3 Å². The van der Waals surface area contributed by atoms with Crippen molar-refractivity contribution < 1.29 is 41.1 Å². The molecule has 3 aliphatic rings. The summed E-state index contributed by atoms with van der Waals surface area (Å²) < 4.78 is 75.9. The highest BCUT2D eigenvalue weighted by molar-refractivity contribution is 7.17. The van der Waals surface area contributed by atoms with Crippen molar-refractivity contribution in [2.24, 2.45) is 5.92 Å². The average molecular weight is 604 g/mol. The van der Waals surface area contributed by atoms with Crippen LogP contribution in [-0.2, 0) is 16.1 Å². The molecule has 0 spiro atoms. The average Bonchev–Trinajstić information content (AvgIpc) is 3.31. The minimum Gasteiger partial charge on any atom is -0.465 e. The zero-order chi connectivity index (χ0) is 29.2. The van der Waals surface area contributed by atoms with E-state index in [1.165, 1.54) is 42.7 Å². The molecular formula is C29H25F4N3O5S. The van der Waals surface area contributed by atoms with Gasteiger partial charge in [-0.15, -0.1) is 24.5 Å². The summed E-state index contributed by atoms with van der Waals surface area (Å²) in [7, 11) is 1.27. The van der Waals surface area contributed by atoms with E-state index < -0.39 is 18.1 Å². The maximum absolute atomic E-state index is 14.7. The van der Waals surface area contributed by atoms with Gasteiger partial charge in [0.25, 0.3) is 0 Å². The van der Waals surface area contributed by atoms with Gasteiger partial charge in [0.2, 0.25) is 0 Å². The molecule has 2 bridgehead atoms. The van der Waals surface area contributed by atoms with E-state index in [0.29, 0.717) is 34.7 Å². The molecule has 3 fully saturated rings. The standard InChI is InChI=1S/C29H25F4N3O5S/c1-38-28(37)18-10-20(30)24-27(42-13-34-24)25(18)36-11-15-8-16(36)9-22(15)39-12-19-23(35-41-26(19)14-6-7-14)17-4-2-3-5-21(17)40-29(31,32)33/h2-5,10,13-16,22H,6-9,11-12H2,1H3/t15-,16-,22+/m0/s1. The zero-order valence-corrected chi connectivity index (χ0v) is 23.1. The van der Waals surface area contributed by atoms with Crippen LogP contribution in [0.1, 0.15) is 53.3 Å². The van der Waals surface area contributed by atoms with Gasteiger partial charge >= 0.3 is 12.3 Å². The lowest BCUT2D eigenvalue weighted by molar-refractivity contribution is -0.274. The van der Waals surface area contributed by atoms with Gasteiger partial charge in [0.1, 0.15) is 22.7 Å². The molecule has 0 unspecified atom stereocenters. The summed E-state index contributed by atoms with van der Waals surface area (Å²) >= 11 is 1.28. The molecule has 13 heteroatoms. The number of esters is 1. The Kier molecular flexibility index (Phi) is 6.61. The SMILES string of the molecule is COC(=O)c1cc(F)c2ncsc2c1N1C[C@@H]2C[C@H]1C[C@H]2OCc1c(-c2ccccc2OC(F)(F)F)noc1C1CC1. The topological polar surface area (TPSA) is 86.9 Å². The van der Waals surface area contributed by atoms with Gasteiger partial charge in [-0.2, -0.15) is 0 Å². The third-order valence-electron chi connectivity index (χ3n) is 8.28. The smallest absolute Gasteiger partial charge is 0.465 e. The van der Waals surface area contributed by atoms with Crippen LogP contribution in [0.2, 0.25) is 0 Å². The molecule has 7 rings (SSSR count). The van der Waals surface area contributed by atoms with Gasteiger partial charge in [-0.1, -0.05) is 17.3 Å². The molecule has 1 saturated heterocycles. The van der Waals surface area contributed by atoms with Crippen LogP contribution in [0, 0.1) is 11.7 Å². The molecule has 0 N–H and O–H groups in total. The first-order chi connectivity index (χ1) is 20.2. The van der Waals surface area contributed by atoms with Crippen molar-refractivity contribution in [1.82, 2.24) is 10.1 Å². The van der Waals surface area contributed by atoms with Crippen LogP contribution < -0.4 is 9.64 Å². The van der Waals surface area contributed by atoms with E-state index in [9.17, 15) is 22.4 Å². The third kappa shape index (κ3) is 4.77. The molecule has 220 valence electrons. The fourth-order valence-corrected chi connectivity index (χ4v) is 7.18. The van der Waals surface area contributed by atoms with Crippen molar-refractivity contribution in [1.29, 1.82) is 0 Å². The lowest BCUT2D eigenvalue weighted by atomic mass is 10.0. The summed E-state index contributed by atoms with van der Waals surface area (Å²) in [6.45, 7) is 0.716. The Labute approximate surface area is 241 Å². The molecule has 2 aromatic carbocycles. The number of rotatable bonds is 8. The molecule has 1 aliphatic heterocycles. The Morgan fingerprint density at radius 2 is 2.02 bits per heavy atom. The summed E-state index contributed by atoms with van der Waals surface area (Å²) in [5, 5.41) is 4.16. The predicted octanol–water partition coefficient (Wildman–Crippen LogP) is 6.84. The number of ether oxygens (including phenoxy) is 3. The number of nitrogens with zero attached hydrogens (tertiary/aromatic N) is 3. The van der Waals surface area contributed by atoms with E-state index in [4.69, 9.17) is 14.0 Å². The highest BCUT2D eigenvalue weighted by Gasteiger charge is 2.47. The lowest BCUT2D eigenvalue weighted by Crippen LogP contribution is -2.39. The second kappa shape index (κ2) is 10.2. The van der Waals surface area contributed by atoms with Crippen molar-refractivity contribution in [3.05, 3.63) is 58.5 Å². The van der Waals surface area contributed by atoms with E-state index >= 15 is 0 Å². The predicted molar refractivity (Wildman–Crippen MR) is 144 cm³/mol. The van der Waals surface area contributed by atoms with E-state index in [-0.39, 0.29) is 58.7 Å². The normalized spacial score (nSPS) is 21.8. The molecular weight excluding hydrogens is 578 g/mol. The number of carbonyl (C=O) groups excluding carboxylic acids is 1. The van der Waals surface area contributed by atoms with E-state index in [1.54, 1.807) is 11.6 Å². The first-order valence-corrected chi connectivity index (χ1v) is 14.5. The van der Waals surface area contributed by atoms with Crippen molar-refractivity contribution in [2.45, 2.75) is 56.7 Å². The van der Waals surface area contributed by atoms with Gasteiger partial charge in [-0.05, 0) is 43.9 Å². The van der Waals surface area contributed by atoms with Gasteiger partial charge in [0, 0.05) is 35.5 Å². The maximum Gasteiger partial charge on any atom is 0.573 e. The number of piperidine rings is 1. The highest BCUT2D eigenvalue weighted by Crippen LogP contribution is 2.48. The molecule has 8 nitrogen and oxygen atoms in total. The Hall–Kier alpha value is -3.71. The molecule has 3 atom stereocenters. The van der Waals surface area contributed by atoms with E-state index in [0.717, 1.165) is 19.3 Å². The van der Waals surface area contributed by atoms with Crippen LogP contribution in [0.15, 0.2) is 40.4 Å². The summed E-state index contributed by atoms with van der Waals surface area (Å²) in [6, 6.07) is 7.10. The Balaban J connectivity index is 1.13. The largest absolute Gasteiger partial charge is 0.573 e. The number of hydrogen-bond acceptors (Lipinski definition) is 9. The Morgan fingerprint density at radius 3 is 2.74 bits per heavy atom. The van der Waals surface area contributed by atoms with Crippen molar-refractivity contribution in [3.8, 4) is 17.0 Å². The van der Waals surface area contributed by atoms with Gasteiger partial charge in [0.15, 0.2) is 5.82 Å². The number of halogens is 4. The van der Waals surface area contributed by atoms with Gasteiger partial charge < -0.3 is 23.6 Å². The minimum atomic E-state index is -4.85. The number of methoxy groups -OCH3 is 1. The maximum atomic E-state index is 14.7. The number of alkyl halides is 3. The van der Waals surface area contributed by atoms with Gasteiger partial charge in [-0.25, -0.2) is 14.2 Å². The number of aromatic nitrogens is 2. The van der Waals surface area contributed by atoms with Crippen LogP contribution >= 0.6 is 11.3 Å². The third-order valence-corrected chi connectivity index (χ3v) is 9.11. The number of benzene rings is 2. The van der Waals surface area contributed by atoms with Crippen LogP contribution in [0.5, 0.6) is 5.75 Å². The van der Waals surface area contributed by atoms with Crippen LogP contribution in [-0.4, -0.2) is 48.3 Å². The van der Waals surface area contributed by atoms with Crippen molar-refractivity contribution >= 4 is 33.2 Å². The summed E-state index contributed by atoms with van der Waals surface area (Å²) in [5.41, 5.74) is 3.68. The van der Waals surface area contributed by atoms with Crippen molar-refractivity contribution in [3.63, 3.8) is 0 Å². The fourth-order valence-electron chi connectivity index (χ4n) is 6.31. The monoisotopic (exact) mass is 603 g/mol. The molecule has 2 aliphatic carbocycles. The summed E-state index contributed by atoms with van der Waals surface area (Å²) in [6.07, 6.45) is -1.67. The first-order valence-electron chi connectivity index (χ1n) is 13.6. The quantitative estimate of drug-likeness (QED) is 0.160. The molecule has 3 heterocycles. The summed E-state index contributed by atoms with van der Waals surface area (Å²) in [4.78, 5) is 18.9. The number of hydrogen-bond donors (Lipinski definition) is 0. The van der Waals surface area contributed by atoms with Crippen LogP contribution in [0.4, 0.5) is 23.2 Å². The first kappa shape index (κ1) is 27.1. The van der Waals surface area contributed by atoms with Gasteiger partial charge in [-0.3, -0.25) is 0 Å². The second-order valence-electron chi connectivity index (χ2n) is 10.9. The molecule has 0 radical (unpaired) electrons. The number of fused-ring (bicyclic) bond motifs is 3. The Bertz CT molecular complexity index is 1670. The molecule has 0 amide bonds. The summed E-state index contributed by atoms with van der Waals surface area (Å²) in [5.74, 6) is -0.614. The molecule has 2 aromatic heterocycles. The lowest BCUT2D eigenvalue weighted by Gasteiger charge is -2.34. The van der Waals surface area contributed by atoms with E-state index in [1.807, 2.05) is 0 Å².